The number of rotatable bonds is 6. The molecule has 0 aromatic carbocycles. The van der Waals surface area contributed by atoms with E-state index in [0.29, 0.717) is 16.8 Å². The number of aryl methyl sites for hydroxylation is 1. The third-order valence-corrected chi connectivity index (χ3v) is 4.69. The van der Waals surface area contributed by atoms with Crippen LogP contribution >= 0.6 is 15.9 Å². The van der Waals surface area contributed by atoms with E-state index in [1.54, 1.807) is 12.4 Å². The number of anilines is 1. The van der Waals surface area contributed by atoms with Gasteiger partial charge in [-0.2, -0.15) is 5.10 Å². The Hall–Kier alpha value is -1.45. The molecule has 0 amide bonds. The van der Waals surface area contributed by atoms with E-state index in [-0.39, 0.29) is 11.4 Å². The smallest absolute Gasteiger partial charge is 0.244 e. The molecule has 0 saturated carbocycles. The van der Waals surface area contributed by atoms with Crippen molar-refractivity contribution in [3.8, 4) is 0 Å². The Morgan fingerprint density at radius 2 is 2.14 bits per heavy atom. The molecule has 3 N–H and O–H groups in total. The molecule has 0 radical (unpaired) electrons. The zero-order valence-electron chi connectivity index (χ0n) is 11.6. The SMILES string of the molecule is CCNc1ncc(Br)cc1S(=O)(=O)NCc1cn[nH]c1C. The summed E-state index contributed by atoms with van der Waals surface area (Å²) in [5, 5.41) is 9.58. The Balaban J connectivity index is 2.26. The maximum absolute atomic E-state index is 12.4. The van der Waals surface area contributed by atoms with Crippen LogP contribution in [0.3, 0.4) is 0 Å². The monoisotopic (exact) mass is 373 g/mol. The molecule has 0 aliphatic heterocycles. The van der Waals surface area contributed by atoms with Crippen molar-refractivity contribution in [1.29, 1.82) is 0 Å². The van der Waals surface area contributed by atoms with Crippen molar-refractivity contribution in [2.24, 2.45) is 0 Å². The first kappa shape index (κ1) is 15.9. The Kier molecular flexibility index (Phi) is 4.96. The lowest BCUT2D eigenvalue weighted by Crippen LogP contribution is -2.25. The summed E-state index contributed by atoms with van der Waals surface area (Å²) in [7, 11) is -3.68. The van der Waals surface area contributed by atoms with E-state index in [9.17, 15) is 8.42 Å². The van der Waals surface area contributed by atoms with Gasteiger partial charge in [-0.15, -0.1) is 0 Å². The van der Waals surface area contributed by atoms with Gasteiger partial charge >= 0.3 is 0 Å². The lowest BCUT2D eigenvalue weighted by molar-refractivity contribution is 0.581. The van der Waals surface area contributed by atoms with Crippen LogP contribution in [0.15, 0.2) is 27.8 Å². The Morgan fingerprint density at radius 1 is 1.38 bits per heavy atom. The number of aromatic amines is 1. The third-order valence-electron chi connectivity index (χ3n) is 2.84. The fourth-order valence-electron chi connectivity index (χ4n) is 1.73. The van der Waals surface area contributed by atoms with Gasteiger partial charge in [-0.25, -0.2) is 18.1 Å². The summed E-state index contributed by atoms with van der Waals surface area (Å²) in [6, 6.07) is 1.52. The van der Waals surface area contributed by atoms with Gasteiger partial charge in [-0.1, -0.05) is 0 Å². The molecule has 0 aliphatic carbocycles. The highest BCUT2D eigenvalue weighted by molar-refractivity contribution is 9.10. The summed E-state index contributed by atoms with van der Waals surface area (Å²) in [5.74, 6) is 0.331. The van der Waals surface area contributed by atoms with Gasteiger partial charge in [0.2, 0.25) is 10.0 Å². The predicted octanol–water partition coefficient (Wildman–Crippen LogP) is 1.79. The molecule has 2 aromatic rings. The van der Waals surface area contributed by atoms with Crippen molar-refractivity contribution in [2.45, 2.75) is 25.3 Å². The third kappa shape index (κ3) is 3.80. The quantitative estimate of drug-likeness (QED) is 0.716. The fourth-order valence-corrected chi connectivity index (χ4v) is 3.38. The topological polar surface area (TPSA) is 99.8 Å². The van der Waals surface area contributed by atoms with Gasteiger partial charge < -0.3 is 5.32 Å². The van der Waals surface area contributed by atoms with Crippen molar-refractivity contribution in [3.63, 3.8) is 0 Å². The largest absolute Gasteiger partial charge is 0.369 e. The first-order valence-electron chi connectivity index (χ1n) is 6.32. The van der Waals surface area contributed by atoms with Crippen LogP contribution in [-0.4, -0.2) is 30.1 Å². The van der Waals surface area contributed by atoms with Crippen LogP contribution in [0.25, 0.3) is 0 Å². The van der Waals surface area contributed by atoms with Gasteiger partial charge in [0.1, 0.15) is 10.7 Å². The second kappa shape index (κ2) is 6.54. The van der Waals surface area contributed by atoms with Crippen LogP contribution in [0.1, 0.15) is 18.2 Å². The number of sulfonamides is 1. The van der Waals surface area contributed by atoms with Crippen LogP contribution in [0.2, 0.25) is 0 Å². The highest BCUT2D eigenvalue weighted by atomic mass is 79.9. The Bertz CT molecular complexity index is 729. The van der Waals surface area contributed by atoms with Crippen molar-refractivity contribution < 1.29 is 8.42 Å². The van der Waals surface area contributed by atoms with Crippen molar-refractivity contribution in [1.82, 2.24) is 19.9 Å². The molecule has 0 saturated heterocycles. The van der Waals surface area contributed by atoms with Crippen LogP contribution in [0, 0.1) is 6.92 Å². The van der Waals surface area contributed by atoms with Crippen LogP contribution in [-0.2, 0) is 16.6 Å². The molecule has 0 atom stereocenters. The molecular weight excluding hydrogens is 358 g/mol. The van der Waals surface area contributed by atoms with Gasteiger partial charge in [0.15, 0.2) is 0 Å². The standard InChI is InChI=1S/C12H16BrN5O2S/c1-3-14-12-11(4-10(13)7-15-12)21(19,20)17-6-9-5-16-18-8(9)2/h4-5,7,17H,3,6H2,1-2H3,(H,14,15)(H,16,18). The second-order valence-corrected chi connectivity index (χ2v) is 7.03. The molecule has 0 bridgehead atoms. The number of hydrogen-bond acceptors (Lipinski definition) is 5. The number of H-pyrrole nitrogens is 1. The van der Waals surface area contributed by atoms with Gasteiger partial charge in [0.25, 0.3) is 0 Å². The number of hydrogen-bond donors (Lipinski definition) is 3. The lowest BCUT2D eigenvalue weighted by atomic mass is 10.3. The summed E-state index contributed by atoms with van der Waals surface area (Å²) in [5.41, 5.74) is 1.63. The van der Waals surface area contributed by atoms with Gasteiger partial charge in [-0.05, 0) is 35.8 Å². The highest BCUT2D eigenvalue weighted by Crippen LogP contribution is 2.23. The minimum Gasteiger partial charge on any atom is -0.369 e. The zero-order valence-corrected chi connectivity index (χ0v) is 14.0. The van der Waals surface area contributed by atoms with Crippen molar-refractivity contribution in [3.05, 3.63) is 34.2 Å². The summed E-state index contributed by atoms with van der Waals surface area (Å²) >= 11 is 3.24. The van der Waals surface area contributed by atoms with Crippen LogP contribution < -0.4 is 10.0 Å². The first-order chi connectivity index (χ1) is 9.94. The minimum atomic E-state index is -3.68. The maximum Gasteiger partial charge on any atom is 0.244 e. The average molecular weight is 374 g/mol. The number of pyridine rings is 1. The van der Waals surface area contributed by atoms with E-state index in [1.807, 2.05) is 13.8 Å². The van der Waals surface area contributed by atoms with Gasteiger partial charge in [0.05, 0.1) is 6.20 Å². The summed E-state index contributed by atoms with van der Waals surface area (Å²) in [6.45, 7) is 4.46. The maximum atomic E-state index is 12.4. The molecule has 0 fully saturated rings. The Labute approximate surface area is 131 Å². The van der Waals surface area contributed by atoms with E-state index in [0.717, 1.165) is 11.3 Å². The number of aromatic nitrogens is 3. The molecular formula is C12H16BrN5O2S. The molecule has 2 aromatic heterocycles. The van der Waals surface area contributed by atoms with E-state index < -0.39 is 10.0 Å². The highest BCUT2D eigenvalue weighted by Gasteiger charge is 2.20. The summed E-state index contributed by atoms with van der Waals surface area (Å²) in [4.78, 5) is 4.21. The number of halogens is 1. The molecule has 2 rings (SSSR count). The minimum absolute atomic E-state index is 0.111. The van der Waals surface area contributed by atoms with Gasteiger partial charge in [-0.3, -0.25) is 5.10 Å². The fraction of sp³-hybridized carbons (Fsp3) is 0.333. The molecule has 2 heterocycles. The number of nitrogens with one attached hydrogen (secondary N) is 3. The molecule has 21 heavy (non-hydrogen) atoms. The van der Waals surface area contributed by atoms with Crippen molar-refractivity contribution in [2.75, 3.05) is 11.9 Å². The normalized spacial score (nSPS) is 11.6. The summed E-state index contributed by atoms with van der Waals surface area (Å²) in [6.07, 6.45) is 3.15. The zero-order chi connectivity index (χ0) is 15.5. The van der Waals surface area contributed by atoms with Crippen LogP contribution in [0.5, 0.6) is 0 Å². The first-order valence-corrected chi connectivity index (χ1v) is 8.59. The molecule has 9 heteroatoms. The van der Waals surface area contributed by atoms with Crippen molar-refractivity contribution >= 4 is 31.8 Å². The summed E-state index contributed by atoms with van der Waals surface area (Å²) < 4.78 is 28.0. The van der Waals surface area contributed by atoms with E-state index >= 15 is 0 Å². The molecule has 0 spiro atoms. The van der Waals surface area contributed by atoms with E-state index in [1.165, 1.54) is 6.07 Å². The predicted molar refractivity (Wildman–Crippen MR) is 83.5 cm³/mol. The second-order valence-electron chi connectivity index (χ2n) is 4.38. The van der Waals surface area contributed by atoms with E-state index in [2.05, 4.69) is 41.2 Å². The molecule has 7 nitrogen and oxygen atoms in total. The Morgan fingerprint density at radius 3 is 2.76 bits per heavy atom. The molecule has 114 valence electrons. The lowest BCUT2D eigenvalue weighted by Gasteiger charge is -2.11. The average Bonchev–Trinajstić information content (AvgIpc) is 2.84. The molecule has 0 aliphatic rings. The van der Waals surface area contributed by atoms with E-state index in [4.69, 9.17) is 0 Å². The molecule has 0 unspecified atom stereocenters. The van der Waals surface area contributed by atoms with Crippen LogP contribution in [0.4, 0.5) is 5.82 Å². The number of nitrogens with zero attached hydrogens (tertiary/aromatic N) is 2. The van der Waals surface area contributed by atoms with Gasteiger partial charge in [0, 0.05) is 35.0 Å².